The maximum Gasteiger partial charge on any atom is 0.152 e. The van der Waals surface area contributed by atoms with Crippen LogP contribution in [0.4, 0.5) is 4.39 Å². The van der Waals surface area contributed by atoms with Crippen LogP contribution in [-0.2, 0) is 0 Å². The molecule has 20 heavy (non-hydrogen) atoms. The molecule has 0 saturated carbocycles. The van der Waals surface area contributed by atoms with Gasteiger partial charge in [0, 0.05) is 22.0 Å². The van der Waals surface area contributed by atoms with Gasteiger partial charge in [0.25, 0.3) is 0 Å². The van der Waals surface area contributed by atoms with Crippen LogP contribution in [0.1, 0.15) is 10.4 Å². The molecule has 0 saturated heterocycles. The molecule has 3 aromatic rings. The van der Waals surface area contributed by atoms with Gasteiger partial charge in [-0.1, -0.05) is 18.2 Å². The zero-order chi connectivity index (χ0) is 14.1. The van der Waals surface area contributed by atoms with Crippen molar-refractivity contribution in [3.05, 3.63) is 53.8 Å². The fourth-order valence-corrected chi connectivity index (χ4v) is 2.37. The van der Waals surface area contributed by atoms with Crippen molar-refractivity contribution in [2.75, 3.05) is 7.11 Å². The normalized spacial score (nSPS) is 10.7. The minimum atomic E-state index is -0.378. The van der Waals surface area contributed by atoms with Crippen molar-refractivity contribution in [3.63, 3.8) is 0 Å². The van der Waals surface area contributed by atoms with E-state index in [-0.39, 0.29) is 5.82 Å². The van der Waals surface area contributed by atoms with Crippen molar-refractivity contribution in [1.82, 2.24) is 4.98 Å². The number of hydrogen-bond acceptors (Lipinski definition) is 2. The Hall–Kier alpha value is -2.62. The lowest BCUT2D eigenvalue weighted by Gasteiger charge is -2.07. The molecular formula is C16H12FNO2. The summed E-state index contributed by atoms with van der Waals surface area (Å²) in [7, 11) is 1.51. The smallest absolute Gasteiger partial charge is 0.152 e. The van der Waals surface area contributed by atoms with Crippen LogP contribution >= 0.6 is 0 Å². The van der Waals surface area contributed by atoms with Gasteiger partial charge < -0.3 is 9.72 Å². The second-order valence-electron chi connectivity index (χ2n) is 4.42. The molecule has 3 rings (SSSR count). The molecule has 1 aromatic heterocycles. The van der Waals surface area contributed by atoms with Crippen LogP contribution < -0.4 is 4.74 Å². The third-order valence-electron chi connectivity index (χ3n) is 3.29. The van der Waals surface area contributed by atoms with Crippen LogP contribution in [0.3, 0.4) is 0 Å². The van der Waals surface area contributed by atoms with Gasteiger partial charge in [-0.2, -0.15) is 0 Å². The Bertz CT molecular complexity index is 792. The summed E-state index contributed by atoms with van der Waals surface area (Å²) in [5, 5.41) is 0.809. The third kappa shape index (κ3) is 1.86. The molecule has 1 heterocycles. The predicted octanol–water partition coefficient (Wildman–Crippen LogP) is 3.80. The van der Waals surface area contributed by atoms with Crippen LogP contribution in [0.2, 0.25) is 0 Å². The van der Waals surface area contributed by atoms with Gasteiger partial charge in [-0.3, -0.25) is 4.79 Å². The first-order valence-electron chi connectivity index (χ1n) is 6.14. The number of aromatic amines is 1. The number of carbonyl (C=O) groups is 1. The highest BCUT2D eigenvalue weighted by Gasteiger charge is 2.16. The number of carbonyl (C=O) groups excluding carboxylic acids is 1. The molecule has 0 unspecified atom stereocenters. The van der Waals surface area contributed by atoms with Gasteiger partial charge in [0.1, 0.15) is 11.6 Å². The number of H-pyrrole nitrogens is 1. The Balaban J connectivity index is 2.34. The van der Waals surface area contributed by atoms with E-state index in [2.05, 4.69) is 4.98 Å². The van der Waals surface area contributed by atoms with E-state index in [0.29, 0.717) is 22.6 Å². The van der Waals surface area contributed by atoms with Gasteiger partial charge in [-0.25, -0.2) is 4.39 Å². The Morgan fingerprint density at radius 3 is 2.75 bits per heavy atom. The maximum atomic E-state index is 13.5. The highest BCUT2D eigenvalue weighted by Crippen LogP contribution is 2.35. The van der Waals surface area contributed by atoms with Gasteiger partial charge in [0.2, 0.25) is 0 Å². The predicted molar refractivity (Wildman–Crippen MR) is 75.6 cm³/mol. The maximum absolute atomic E-state index is 13.5. The number of para-hydroxylation sites is 1. The van der Waals surface area contributed by atoms with Crippen molar-refractivity contribution >= 4 is 17.2 Å². The molecule has 2 aromatic carbocycles. The van der Waals surface area contributed by atoms with E-state index >= 15 is 0 Å². The summed E-state index contributed by atoms with van der Waals surface area (Å²) in [6.45, 7) is 0. The standard InChI is InChI=1S/C16H12FNO2/c1-20-15-7-6-10(17)8-12(15)16-13(9-19)11-4-2-3-5-14(11)18-16/h2-9,18H,1H3. The second kappa shape index (κ2) is 4.81. The molecular weight excluding hydrogens is 257 g/mol. The number of nitrogens with one attached hydrogen (secondary N) is 1. The fraction of sp³-hybridized carbons (Fsp3) is 0.0625. The Labute approximate surface area is 115 Å². The third-order valence-corrected chi connectivity index (χ3v) is 3.29. The van der Waals surface area contributed by atoms with E-state index in [1.54, 1.807) is 6.07 Å². The van der Waals surface area contributed by atoms with Crippen LogP contribution in [0.15, 0.2) is 42.5 Å². The SMILES string of the molecule is COc1ccc(F)cc1-c1[nH]c2ccccc2c1C=O. The average Bonchev–Trinajstić information content (AvgIpc) is 2.85. The number of benzene rings is 2. The first kappa shape index (κ1) is 12.4. The number of hydrogen-bond donors (Lipinski definition) is 1. The summed E-state index contributed by atoms with van der Waals surface area (Å²) in [5.41, 5.74) is 2.43. The highest BCUT2D eigenvalue weighted by molar-refractivity contribution is 6.04. The van der Waals surface area contributed by atoms with Gasteiger partial charge in [0.05, 0.1) is 12.8 Å². The molecule has 0 radical (unpaired) electrons. The summed E-state index contributed by atoms with van der Waals surface area (Å²) in [4.78, 5) is 14.6. The Kier molecular flexibility index (Phi) is 2.99. The zero-order valence-electron chi connectivity index (χ0n) is 10.8. The summed E-state index contributed by atoms with van der Waals surface area (Å²) < 4.78 is 18.8. The van der Waals surface area contributed by atoms with Gasteiger partial charge in [0.15, 0.2) is 6.29 Å². The summed E-state index contributed by atoms with van der Waals surface area (Å²) in [6, 6.07) is 11.7. The van der Waals surface area contributed by atoms with Crippen molar-refractivity contribution < 1.29 is 13.9 Å². The van der Waals surface area contributed by atoms with Gasteiger partial charge in [-0.05, 0) is 24.3 Å². The second-order valence-corrected chi connectivity index (χ2v) is 4.42. The minimum Gasteiger partial charge on any atom is -0.496 e. The monoisotopic (exact) mass is 269 g/mol. The van der Waals surface area contributed by atoms with Gasteiger partial charge in [-0.15, -0.1) is 0 Å². The van der Waals surface area contributed by atoms with E-state index in [9.17, 15) is 9.18 Å². The van der Waals surface area contributed by atoms with Crippen molar-refractivity contribution in [2.45, 2.75) is 0 Å². The molecule has 0 aliphatic rings. The molecule has 100 valence electrons. The quantitative estimate of drug-likeness (QED) is 0.735. The van der Waals surface area contributed by atoms with E-state index in [0.717, 1.165) is 17.2 Å². The minimum absolute atomic E-state index is 0.378. The average molecular weight is 269 g/mol. The van der Waals surface area contributed by atoms with E-state index in [4.69, 9.17) is 4.74 Å². The van der Waals surface area contributed by atoms with Crippen LogP contribution in [0, 0.1) is 5.82 Å². The molecule has 4 heteroatoms. The largest absolute Gasteiger partial charge is 0.496 e. The van der Waals surface area contributed by atoms with E-state index in [1.165, 1.54) is 19.2 Å². The lowest BCUT2D eigenvalue weighted by molar-refractivity contribution is 0.112. The van der Waals surface area contributed by atoms with Crippen LogP contribution in [-0.4, -0.2) is 18.4 Å². The molecule has 0 fully saturated rings. The first-order chi connectivity index (χ1) is 9.74. The topological polar surface area (TPSA) is 42.1 Å². The number of aromatic nitrogens is 1. The molecule has 0 aliphatic heterocycles. The molecule has 0 aliphatic carbocycles. The van der Waals surface area contributed by atoms with E-state index < -0.39 is 0 Å². The number of halogens is 1. The lowest BCUT2D eigenvalue weighted by atomic mass is 10.1. The number of methoxy groups -OCH3 is 1. The van der Waals surface area contributed by atoms with Crippen LogP contribution in [0.5, 0.6) is 5.75 Å². The molecule has 0 bridgehead atoms. The first-order valence-corrected chi connectivity index (χ1v) is 6.14. The molecule has 0 amide bonds. The number of aldehydes is 1. The van der Waals surface area contributed by atoms with E-state index in [1.807, 2.05) is 24.3 Å². The highest BCUT2D eigenvalue weighted by atomic mass is 19.1. The Morgan fingerprint density at radius 2 is 2.00 bits per heavy atom. The fourth-order valence-electron chi connectivity index (χ4n) is 2.37. The van der Waals surface area contributed by atoms with Gasteiger partial charge >= 0.3 is 0 Å². The van der Waals surface area contributed by atoms with Crippen LogP contribution in [0.25, 0.3) is 22.2 Å². The number of fused-ring (bicyclic) bond motifs is 1. The molecule has 1 N–H and O–H groups in total. The van der Waals surface area contributed by atoms with Crippen molar-refractivity contribution in [3.8, 4) is 17.0 Å². The number of ether oxygens (including phenoxy) is 1. The molecule has 3 nitrogen and oxygen atoms in total. The van der Waals surface area contributed by atoms with Crippen molar-refractivity contribution in [1.29, 1.82) is 0 Å². The molecule has 0 spiro atoms. The number of rotatable bonds is 3. The van der Waals surface area contributed by atoms with Crippen molar-refractivity contribution in [2.24, 2.45) is 0 Å². The summed E-state index contributed by atoms with van der Waals surface area (Å²) in [6.07, 6.45) is 0.776. The lowest BCUT2D eigenvalue weighted by Crippen LogP contribution is -1.92. The summed E-state index contributed by atoms with van der Waals surface area (Å²) in [5.74, 6) is 0.136. The Morgan fingerprint density at radius 1 is 1.20 bits per heavy atom. The molecule has 0 atom stereocenters. The summed E-state index contributed by atoms with van der Waals surface area (Å²) >= 11 is 0. The zero-order valence-corrected chi connectivity index (χ0v) is 10.8.